The van der Waals surface area contributed by atoms with E-state index in [2.05, 4.69) is 13.8 Å². The quantitative estimate of drug-likeness (QED) is 0.596. The number of fused-ring (bicyclic) bond motifs is 1. The van der Waals surface area contributed by atoms with Gasteiger partial charge in [-0.25, -0.2) is 4.79 Å². The normalized spacial score (nSPS) is 25.3. The van der Waals surface area contributed by atoms with Crippen LogP contribution in [-0.4, -0.2) is 35.3 Å². The number of phenols is 1. The largest absolute Gasteiger partial charge is 0.504 e. The molecule has 178 valence electrons. The van der Waals surface area contributed by atoms with E-state index in [-0.39, 0.29) is 29.0 Å². The van der Waals surface area contributed by atoms with Crippen molar-refractivity contribution in [1.82, 2.24) is 0 Å². The number of allylic oxidation sites excluding steroid dienone is 1. The Hall–Kier alpha value is -2.63. The molecule has 2 fully saturated rings. The van der Waals surface area contributed by atoms with E-state index in [1.807, 2.05) is 13.8 Å². The number of aromatic hydroxyl groups is 1. The number of carbonyl (C=O) groups excluding carboxylic acids is 2. The smallest absolute Gasteiger partial charge is 0.336 e. The fourth-order valence-electron chi connectivity index (χ4n) is 5.61. The van der Waals surface area contributed by atoms with Gasteiger partial charge in [0.05, 0.1) is 18.1 Å². The molecule has 2 aliphatic carbocycles. The summed E-state index contributed by atoms with van der Waals surface area (Å²) in [6, 6.07) is 5.10. The molecule has 1 unspecified atom stereocenters. The number of esters is 1. The monoisotopic (exact) mass is 453 g/mol. The van der Waals surface area contributed by atoms with Crippen LogP contribution in [0.25, 0.3) is 0 Å². The second-order valence-electron chi connectivity index (χ2n) is 10.4. The van der Waals surface area contributed by atoms with Crippen LogP contribution in [0.2, 0.25) is 0 Å². The Kier molecular flexibility index (Phi) is 6.64. The Morgan fingerprint density at radius 3 is 2.58 bits per heavy atom. The molecule has 33 heavy (non-hydrogen) atoms. The lowest BCUT2D eigenvalue weighted by molar-refractivity contribution is -0.146. The van der Waals surface area contributed by atoms with Crippen LogP contribution in [0.15, 0.2) is 34.5 Å². The maximum absolute atomic E-state index is 13.5. The SMILES string of the molecule is CCOc1cc([C@H]2C(C(=O)OC3CCCCC3)=C(C)N=C3CC(C)(C)CC(=O)C32)ccc1O. The number of hydrogen-bond donors (Lipinski definition) is 1. The van der Waals surface area contributed by atoms with Gasteiger partial charge in [-0.2, -0.15) is 0 Å². The van der Waals surface area contributed by atoms with Crippen molar-refractivity contribution < 1.29 is 24.2 Å². The van der Waals surface area contributed by atoms with Crippen molar-refractivity contribution in [2.75, 3.05) is 6.61 Å². The number of benzene rings is 1. The standard InChI is InChI=1S/C27H35NO5/c1-5-32-22-13-17(11-12-20(22)29)24-23(26(31)33-18-9-7-6-8-10-18)16(2)28-19-14-27(3,4)15-21(30)25(19)24/h11-13,18,24-25,29H,5-10,14-15H2,1-4H3/t24-,25?/m0/s1. The Balaban J connectivity index is 1.78. The fraction of sp³-hybridized carbons (Fsp3) is 0.593. The number of ketones is 1. The third kappa shape index (κ3) is 4.85. The second-order valence-corrected chi connectivity index (χ2v) is 10.4. The van der Waals surface area contributed by atoms with Gasteiger partial charge in [0.2, 0.25) is 0 Å². The number of ether oxygens (including phenoxy) is 2. The maximum Gasteiger partial charge on any atom is 0.336 e. The fourth-order valence-corrected chi connectivity index (χ4v) is 5.61. The molecule has 1 aromatic carbocycles. The van der Waals surface area contributed by atoms with Gasteiger partial charge >= 0.3 is 5.97 Å². The number of carbonyl (C=O) groups is 2. The average Bonchev–Trinajstić information content (AvgIpc) is 2.74. The zero-order chi connectivity index (χ0) is 23.8. The summed E-state index contributed by atoms with van der Waals surface area (Å²) in [5.41, 5.74) is 2.50. The second kappa shape index (κ2) is 9.32. The number of Topliss-reactive ketones (excluding diaryl/α,β-unsaturated/α-hetero) is 1. The predicted octanol–water partition coefficient (Wildman–Crippen LogP) is 5.48. The maximum atomic E-state index is 13.5. The minimum absolute atomic E-state index is 0.0356. The van der Waals surface area contributed by atoms with Gasteiger partial charge in [0.1, 0.15) is 11.9 Å². The lowest BCUT2D eigenvalue weighted by Crippen LogP contribution is -2.44. The van der Waals surface area contributed by atoms with Crippen LogP contribution < -0.4 is 4.74 Å². The third-order valence-electron chi connectivity index (χ3n) is 7.05. The summed E-state index contributed by atoms with van der Waals surface area (Å²) in [5, 5.41) is 10.2. The highest BCUT2D eigenvalue weighted by molar-refractivity contribution is 6.12. The summed E-state index contributed by atoms with van der Waals surface area (Å²) < 4.78 is 11.6. The minimum Gasteiger partial charge on any atom is -0.504 e. The number of phenolic OH excluding ortho intramolecular Hbond substituents is 1. The highest BCUT2D eigenvalue weighted by Gasteiger charge is 2.48. The molecule has 0 radical (unpaired) electrons. The van der Waals surface area contributed by atoms with Gasteiger partial charge in [-0.15, -0.1) is 0 Å². The molecule has 1 aliphatic heterocycles. The van der Waals surface area contributed by atoms with E-state index < -0.39 is 11.8 Å². The summed E-state index contributed by atoms with van der Waals surface area (Å²) in [7, 11) is 0. The van der Waals surface area contributed by atoms with Gasteiger partial charge in [0.15, 0.2) is 11.5 Å². The lowest BCUT2D eigenvalue weighted by Gasteiger charge is -2.41. The minimum atomic E-state index is -0.505. The van der Waals surface area contributed by atoms with Crippen molar-refractivity contribution in [3.63, 3.8) is 0 Å². The molecule has 0 amide bonds. The van der Waals surface area contributed by atoms with Gasteiger partial charge in [-0.1, -0.05) is 26.3 Å². The molecule has 1 aromatic rings. The van der Waals surface area contributed by atoms with Crippen LogP contribution in [-0.2, 0) is 14.3 Å². The molecule has 2 atom stereocenters. The van der Waals surface area contributed by atoms with Crippen LogP contribution in [0.5, 0.6) is 11.5 Å². The highest BCUT2D eigenvalue weighted by Crippen LogP contribution is 2.48. The molecule has 3 aliphatic rings. The summed E-state index contributed by atoms with van der Waals surface area (Å²) in [5.74, 6) is -0.909. The molecular weight excluding hydrogens is 418 g/mol. The molecule has 6 nitrogen and oxygen atoms in total. The number of nitrogens with zero attached hydrogens (tertiary/aromatic N) is 1. The van der Waals surface area contributed by atoms with Crippen LogP contribution >= 0.6 is 0 Å². The lowest BCUT2D eigenvalue weighted by atomic mass is 9.63. The molecule has 6 heteroatoms. The Morgan fingerprint density at radius 2 is 1.88 bits per heavy atom. The van der Waals surface area contributed by atoms with E-state index in [1.54, 1.807) is 18.2 Å². The molecule has 2 saturated carbocycles. The first-order chi connectivity index (χ1) is 15.7. The van der Waals surface area contributed by atoms with E-state index in [9.17, 15) is 14.7 Å². The Bertz CT molecular complexity index is 1000. The average molecular weight is 454 g/mol. The first-order valence-electron chi connectivity index (χ1n) is 12.2. The molecular formula is C27H35NO5. The summed E-state index contributed by atoms with van der Waals surface area (Å²) in [6.45, 7) is 8.25. The van der Waals surface area contributed by atoms with Crippen LogP contribution in [0.3, 0.4) is 0 Å². The Labute approximate surface area is 196 Å². The van der Waals surface area contributed by atoms with Crippen molar-refractivity contribution in [2.45, 2.75) is 84.7 Å². The molecule has 0 bridgehead atoms. The molecule has 4 rings (SSSR count). The van der Waals surface area contributed by atoms with Gasteiger partial charge in [-0.3, -0.25) is 9.79 Å². The van der Waals surface area contributed by atoms with E-state index >= 15 is 0 Å². The summed E-state index contributed by atoms with van der Waals surface area (Å²) in [6.07, 6.45) is 6.11. The van der Waals surface area contributed by atoms with Crippen LogP contribution in [0, 0.1) is 11.3 Å². The first kappa shape index (κ1) is 23.5. The third-order valence-corrected chi connectivity index (χ3v) is 7.05. The summed E-state index contributed by atoms with van der Waals surface area (Å²) in [4.78, 5) is 31.7. The number of hydrogen-bond acceptors (Lipinski definition) is 6. The molecule has 0 spiro atoms. The van der Waals surface area contributed by atoms with E-state index in [4.69, 9.17) is 14.5 Å². The highest BCUT2D eigenvalue weighted by atomic mass is 16.5. The zero-order valence-corrected chi connectivity index (χ0v) is 20.1. The van der Waals surface area contributed by atoms with Gasteiger partial charge in [0.25, 0.3) is 0 Å². The van der Waals surface area contributed by atoms with E-state index in [0.717, 1.165) is 37.0 Å². The molecule has 0 saturated heterocycles. The van der Waals surface area contributed by atoms with Crippen molar-refractivity contribution in [3.8, 4) is 11.5 Å². The molecule has 0 aromatic heterocycles. The van der Waals surface area contributed by atoms with Crippen molar-refractivity contribution in [2.24, 2.45) is 16.3 Å². The van der Waals surface area contributed by atoms with E-state index in [1.165, 1.54) is 6.42 Å². The van der Waals surface area contributed by atoms with Gasteiger partial charge in [-0.05, 0) is 69.1 Å². The number of aliphatic imine (C=N–C) groups is 1. The van der Waals surface area contributed by atoms with Gasteiger partial charge in [0, 0.05) is 23.7 Å². The number of rotatable bonds is 5. The predicted molar refractivity (Wildman–Crippen MR) is 127 cm³/mol. The van der Waals surface area contributed by atoms with Crippen molar-refractivity contribution in [3.05, 3.63) is 35.0 Å². The van der Waals surface area contributed by atoms with Crippen molar-refractivity contribution in [1.29, 1.82) is 0 Å². The topological polar surface area (TPSA) is 85.2 Å². The first-order valence-corrected chi connectivity index (χ1v) is 12.2. The van der Waals surface area contributed by atoms with Crippen LogP contribution in [0.4, 0.5) is 0 Å². The molecule has 1 heterocycles. The summed E-state index contributed by atoms with van der Waals surface area (Å²) >= 11 is 0. The van der Waals surface area contributed by atoms with E-state index in [0.29, 0.717) is 36.5 Å². The van der Waals surface area contributed by atoms with Crippen molar-refractivity contribution >= 4 is 17.5 Å². The van der Waals surface area contributed by atoms with Gasteiger partial charge < -0.3 is 14.6 Å². The van der Waals surface area contributed by atoms with Crippen LogP contribution in [0.1, 0.15) is 84.1 Å². The Morgan fingerprint density at radius 1 is 1.15 bits per heavy atom. The molecule has 1 N–H and O–H groups in total. The zero-order valence-electron chi connectivity index (χ0n) is 20.1.